The molecule has 1 saturated heterocycles. The standard InChI is InChI=1S/C14H26N2O/c1-5-7-11-14(17)16(12-8-10(12)6-2)13(15-11)9(3)4/h9-13,15H,5-8H2,1-4H3. The van der Waals surface area contributed by atoms with Crippen LogP contribution in [0.25, 0.3) is 0 Å². The molecule has 1 amide bonds. The summed E-state index contributed by atoms with van der Waals surface area (Å²) in [6, 6.07) is 0.597. The average molecular weight is 238 g/mol. The molecule has 2 rings (SSSR count). The molecule has 3 heteroatoms. The lowest BCUT2D eigenvalue weighted by atomic mass is 10.1. The number of nitrogens with zero attached hydrogens (tertiary/aromatic N) is 1. The molecule has 1 saturated carbocycles. The van der Waals surface area contributed by atoms with E-state index < -0.39 is 0 Å². The van der Waals surface area contributed by atoms with Gasteiger partial charge in [-0.15, -0.1) is 0 Å². The van der Waals surface area contributed by atoms with Crippen LogP contribution in [0.15, 0.2) is 0 Å². The minimum Gasteiger partial charge on any atom is -0.322 e. The highest BCUT2D eigenvalue weighted by Crippen LogP contribution is 2.41. The fourth-order valence-electron chi connectivity index (χ4n) is 3.06. The third-order valence-corrected chi connectivity index (χ3v) is 4.20. The first kappa shape index (κ1) is 12.9. The highest BCUT2D eigenvalue weighted by atomic mass is 16.2. The monoisotopic (exact) mass is 238 g/mol. The summed E-state index contributed by atoms with van der Waals surface area (Å²) < 4.78 is 0. The van der Waals surface area contributed by atoms with Crippen molar-refractivity contribution in [2.75, 3.05) is 0 Å². The third-order valence-electron chi connectivity index (χ3n) is 4.20. The summed E-state index contributed by atoms with van der Waals surface area (Å²) in [5, 5.41) is 3.53. The minimum atomic E-state index is 0.0745. The lowest BCUT2D eigenvalue weighted by Crippen LogP contribution is -2.43. The Morgan fingerprint density at radius 2 is 2.12 bits per heavy atom. The topological polar surface area (TPSA) is 32.3 Å². The summed E-state index contributed by atoms with van der Waals surface area (Å²) in [6.45, 7) is 8.78. The molecule has 0 aromatic heterocycles. The van der Waals surface area contributed by atoms with E-state index in [9.17, 15) is 4.79 Å². The number of rotatable bonds is 5. The van der Waals surface area contributed by atoms with Crippen molar-refractivity contribution in [1.29, 1.82) is 0 Å². The predicted molar refractivity (Wildman–Crippen MR) is 69.5 cm³/mol. The molecule has 4 unspecified atom stereocenters. The van der Waals surface area contributed by atoms with Gasteiger partial charge in [-0.25, -0.2) is 0 Å². The first-order valence-corrected chi connectivity index (χ1v) is 7.18. The van der Waals surface area contributed by atoms with Gasteiger partial charge in [0.1, 0.15) is 0 Å². The second-order valence-electron chi connectivity index (χ2n) is 5.91. The largest absolute Gasteiger partial charge is 0.322 e. The van der Waals surface area contributed by atoms with E-state index in [4.69, 9.17) is 0 Å². The fourth-order valence-corrected chi connectivity index (χ4v) is 3.06. The van der Waals surface area contributed by atoms with E-state index >= 15 is 0 Å². The van der Waals surface area contributed by atoms with Crippen LogP contribution >= 0.6 is 0 Å². The zero-order valence-corrected chi connectivity index (χ0v) is 11.6. The molecule has 0 aromatic carbocycles. The summed E-state index contributed by atoms with van der Waals surface area (Å²) in [7, 11) is 0. The second-order valence-corrected chi connectivity index (χ2v) is 5.91. The number of hydrogen-bond acceptors (Lipinski definition) is 2. The molecule has 0 bridgehead atoms. The van der Waals surface area contributed by atoms with Crippen molar-refractivity contribution in [2.45, 2.75) is 71.6 Å². The van der Waals surface area contributed by atoms with Crippen LogP contribution < -0.4 is 5.32 Å². The summed E-state index contributed by atoms with van der Waals surface area (Å²) in [5.41, 5.74) is 0. The molecule has 98 valence electrons. The predicted octanol–water partition coefficient (Wildman–Crippen LogP) is 2.37. The maximum atomic E-state index is 12.4. The van der Waals surface area contributed by atoms with Crippen molar-refractivity contribution < 1.29 is 4.79 Å². The molecule has 17 heavy (non-hydrogen) atoms. The number of hydrogen-bond donors (Lipinski definition) is 1. The van der Waals surface area contributed by atoms with Crippen LogP contribution in [0.1, 0.15) is 53.4 Å². The molecule has 0 spiro atoms. The molecule has 1 aliphatic heterocycles. The lowest BCUT2D eigenvalue weighted by Gasteiger charge is -2.27. The highest BCUT2D eigenvalue weighted by Gasteiger charge is 2.51. The molecule has 2 aliphatic rings. The Balaban J connectivity index is 2.08. The Bertz CT molecular complexity index is 290. The first-order chi connectivity index (χ1) is 8.10. The van der Waals surface area contributed by atoms with Crippen LogP contribution in [0.2, 0.25) is 0 Å². The van der Waals surface area contributed by atoms with Crippen molar-refractivity contribution >= 4 is 5.91 Å². The molecule has 2 fully saturated rings. The van der Waals surface area contributed by atoms with E-state index in [1.54, 1.807) is 0 Å². The van der Waals surface area contributed by atoms with Gasteiger partial charge in [-0.2, -0.15) is 0 Å². The molecular weight excluding hydrogens is 212 g/mol. The summed E-state index contributed by atoms with van der Waals surface area (Å²) in [5.74, 6) is 1.60. The molecular formula is C14H26N2O. The van der Waals surface area contributed by atoms with Gasteiger partial charge in [-0.3, -0.25) is 10.1 Å². The minimum absolute atomic E-state index is 0.0745. The third kappa shape index (κ3) is 2.35. The van der Waals surface area contributed by atoms with Crippen LogP contribution in [0.3, 0.4) is 0 Å². The van der Waals surface area contributed by atoms with Gasteiger partial charge in [-0.1, -0.05) is 40.5 Å². The number of carbonyl (C=O) groups excluding carboxylic acids is 1. The second kappa shape index (κ2) is 4.97. The number of amides is 1. The van der Waals surface area contributed by atoms with Gasteiger partial charge in [0.2, 0.25) is 5.91 Å². The fraction of sp³-hybridized carbons (Fsp3) is 0.929. The summed E-state index contributed by atoms with van der Waals surface area (Å²) >= 11 is 0. The lowest BCUT2D eigenvalue weighted by molar-refractivity contribution is -0.131. The van der Waals surface area contributed by atoms with Gasteiger partial charge in [0.15, 0.2) is 0 Å². The van der Waals surface area contributed by atoms with Gasteiger partial charge < -0.3 is 4.90 Å². The average Bonchev–Trinajstić information content (AvgIpc) is 2.99. The van der Waals surface area contributed by atoms with Gasteiger partial charge in [-0.05, 0) is 24.7 Å². The van der Waals surface area contributed by atoms with Crippen molar-refractivity contribution in [2.24, 2.45) is 11.8 Å². The molecule has 0 aromatic rings. The molecule has 1 heterocycles. The van der Waals surface area contributed by atoms with E-state index in [2.05, 4.69) is 37.9 Å². The zero-order valence-electron chi connectivity index (χ0n) is 11.6. The Hall–Kier alpha value is -0.570. The van der Waals surface area contributed by atoms with Gasteiger partial charge in [0.25, 0.3) is 0 Å². The summed E-state index contributed by atoms with van der Waals surface area (Å²) in [6.07, 6.45) is 4.73. The van der Waals surface area contributed by atoms with E-state index in [0.717, 1.165) is 18.8 Å². The maximum Gasteiger partial charge on any atom is 0.241 e. The Morgan fingerprint density at radius 3 is 2.59 bits per heavy atom. The van der Waals surface area contributed by atoms with Gasteiger partial charge in [0, 0.05) is 6.04 Å². The Kier molecular flexibility index (Phi) is 3.76. The normalized spacial score (nSPS) is 37.0. The van der Waals surface area contributed by atoms with Crippen molar-refractivity contribution in [3.8, 4) is 0 Å². The zero-order chi connectivity index (χ0) is 12.6. The van der Waals surface area contributed by atoms with Crippen LogP contribution in [-0.4, -0.2) is 29.1 Å². The van der Waals surface area contributed by atoms with Crippen molar-refractivity contribution in [3.63, 3.8) is 0 Å². The van der Waals surface area contributed by atoms with Crippen LogP contribution in [0, 0.1) is 11.8 Å². The molecule has 4 atom stereocenters. The molecule has 0 radical (unpaired) electrons. The summed E-state index contributed by atoms with van der Waals surface area (Å²) in [4.78, 5) is 14.6. The van der Waals surface area contributed by atoms with Gasteiger partial charge >= 0.3 is 0 Å². The van der Waals surface area contributed by atoms with Gasteiger partial charge in [0.05, 0.1) is 12.2 Å². The number of carbonyl (C=O) groups is 1. The quantitative estimate of drug-likeness (QED) is 0.797. The molecule has 3 nitrogen and oxygen atoms in total. The van der Waals surface area contributed by atoms with Crippen LogP contribution in [0.5, 0.6) is 0 Å². The van der Waals surface area contributed by atoms with Crippen molar-refractivity contribution in [3.05, 3.63) is 0 Å². The van der Waals surface area contributed by atoms with Crippen molar-refractivity contribution in [1.82, 2.24) is 10.2 Å². The van der Waals surface area contributed by atoms with E-state index in [1.165, 1.54) is 12.8 Å². The van der Waals surface area contributed by atoms with Crippen LogP contribution in [-0.2, 0) is 4.79 Å². The van der Waals surface area contributed by atoms with E-state index in [-0.39, 0.29) is 12.2 Å². The van der Waals surface area contributed by atoms with E-state index in [0.29, 0.717) is 17.9 Å². The van der Waals surface area contributed by atoms with E-state index in [1.807, 2.05) is 0 Å². The Labute approximate surface area is 105 Å². The first-order valence-electron chi connectivity index (χ1n) is 7.18. The maximum absolute atomic E-state index is 12.4. The molecule has 1 aliphatic carbocycles. The van der Waals surface area contributed by atoms with Crippen LogP contribution in [0.4, 0.5) is 0 Å². The highest BCUT2D eigenvalue weighted by molar-refractivity contribution is 5.85. The smallest absolute Gasteiger partial charge is 0.241 e. The SMILES string of the molecule is CCCC1NC(C(C)C)N(C2CC2CC)C1=O. The Morgan fingerprint density at radius 1 is 1.41 bits per heavy atom. The molecule has 1 N–H and O–H groups in total. The number of nitrogens with one attached hydrogen (secondary N) is 1.